The monoisotopic (exact) mass is 226 g/mol. The van der Waals surface area contributed by atoms with Crippen LogP contribution in [0.5, 0.6) is 0 Å². The van der Waals surface area contributed by atoms with Gasteiger partial charge in [0, 0.05) is 18.3 Å². The highest BCUT2D eigenvalue weighted by atomic mass is 14.8. The number of benzene rings is 1. The molecule has 0 atom stereocenters. The summed E-state index contributed by atoms with van der Waals surface area (Å²) < 4.78 is 0. The van der Waals surface area contributed by atoms with E-state index in [0.717, 1.165) is 12.2 Å². The van der Waals surface area contributed by atoms with Crippen LogP contribution in [0.1, 0.15) is 16.7 Å². The molecule has 2 nitrogen and oxygen atoms in total. The third kappa shape index (κ3) is 2.71. The number of pyridine rings is 1. The van der Waals surface area contributed by atoms with Gasteiger partial charge in [-0.25, -0.2) is 0 Å². The van der Waals surface area contributed by atoms with Gasteiger partial charge in [0.2, 0.25) is 0 Å². The summed E-state index contributed by atoms with van der Waals surface area (Å²) in [6.07, 6.45) is 1.88. The summed E-state index contributed by atoms with van der Waals surface area (Å²) in [4.78, 5) is 4.47. The van der Waals surface area contributed by atoms with E-state index in [1.807, 2.05) is 19.3 Å². The number of rotatable bonds is 3. The molecule has 1 N–H and O–H groups in total. The average molecular weight is 226 g/mol. The summed E-state index contributed by atoms with van der Waals surface area (Å²) in [6, 6.07) is 10.7. The lowest BCUT2D eigenvalue weighted by atomic mass is 10.0. The highest BCUT2D eigenvalue weighted by Crippen LogP contribution is 2.23. The molecule has 0 amide bonds. The number of hydrogen-bond donors (Lipinski definition) is 1. The predicted octanol–water partition coefficient (Wildman–Crippen LogP) is 3.08. The molecule has 0 bridgehead atoms. The maximum Gasteiger partial charge on any atom is 0.0707 e. The van der Waals surface area contributed by atoms with Crippen molar-refractivity contribution >= 4 is 0 Å². The summed E-state index contributed by atoms with van der Waals surface area (Å²) >= 11 is 0. The molecule has 0 unspecified atom stereocenters. The molecule has 0 spiro atoms. The summed E-state index contributed by atoms with van der Waals surface area (Å²) in [5.41, 5.74) is 6.08. The van der Waals surface area contributed by atoms with Crippen molar-refractivity contribution in [3.05, 3.63) is 53.2 Å². The molecular weight excluding hydrogens is 208 g/mol. The third-order valence-electron chi connectivity index (χ3n) is 2.87. The van der Waals surface area contributed by atoms with E-state index in [0.29, 0.717) is 0 Å². The molecule has 2 aromatic rings. The first kappa shape index (κ1) is 11.8. The van der Waals surface area contributed by atoms with Crippen LogP contribution < -0.4 is 5.32 Å². The lowest BCUT2D eigenvalue weighted by molar-refractivity contribution is 0.816. The average Bonchev–Trinajstić information content (AvgIpc) is 2.33. The van der Waals surface area contributed by atoms with Gasteiger partial charge in [-0.3, -0.25) is 4.98 Å². The molecular formula is C15H18N2. The Labute approximate surface area is 103 Å². The maximum atomic E-state index is 4.47. The minimum Gasteiger partial charge on any atom is -0.316 e. The van der Waals surface area contributed by atoms with Crippen LogP contribution in [-0.4, -0.2) is 12.0 Å². The van der Waals surface area contributed by atoms with Gasteiger partial charge in [-0.1, -0.05) is 17.7 Å². The SMILES string of the molecule is CNCc1ccnc(-c2cc(C)ccc2C)c1. The van der Waals surface area contributed by atoms with Crippen molar-refractivity contribution in [1.82, 2.24) is 10.3 Å². The summed E-state index contributed by atoms with van der Waals surface area (Å²) in [5.74, 6) is 0. The Morgan fingerprint density at radius 1 is 1.12 bits per heavy atom. The first-order chi connectivity index (χ1) is 8.20. The van der Waals surface area contributed by atoms with Crippen LogP contribution in [0.2, 0.25) is 0 Å². The first-order valence-corrected chi connectivity index (χ1v) is 5.88. The molecule has 0 saturated heterocycles. The molecule has 0 fully saturated rings. The smallest absolute Gasteiger partial charge is 0.0707 e. The van der Waals surface area contributed by atoms with Crippen molar-refractivity contribution < 1.29 is 0 Å². The van der Waals surface area contributed by atoms with Crippen molar-refractivity contribution in [3.8, 4) is 11.3 Å². The lowest BCUT2D eigenvalue weighted by Crippen LogP contribution is -2.05. The minimum absolute atomic E-state index is 0.875. The Morgan fingerprint density at radius 3 is 2.71 bits per heavy atom. The van der Waals surface area contributed by atoms with Crippen LogP contribution in [0.4, 0.5) is 0 Å². The van der Waals surface area contributed by atoms with Crippen LogP contribution >= 0.6 is 0 Å². The van der Waals surface area contributed by atoms with E-state index in [2.05, 4.69) is 48.4 Å². The fraction of sp³-hybridized carbons (Fsp3) is 0.267. The van der Waals surface area contributed by atoms with Gasteiger partial charge < -0.3 is 5.32 Å². The van der Waals surface area contributed by atoms with Gasteiger partial charge in [0.05, 0.1) is 5.69 Å². The highest BCUT2D eigenvalue weighted by molar-refractivity contribution is 5.64. The van der Waals surface area contributed by atoms with E-state index in [1.165, 1.54) is 22.3 Å². The zero-order valence-electron chi connectivity index (χ0n) is 10.6. The Kier molecular flexibility index (Phi) is 3.55. The Morgan fingerprint density at radius 2 is 1.94 bits per heavy atom. The molecule has 2 heteroatoms. The van der Waals surface area contributed by atoms with Gasteiger partial charge >= 0.3 is 0 Å². The topological polar surface area (TPSA) is 24.9 Å². The molecule has 0 aliphatic heterocycles. The standard InChI is InChI=1S/C15H18N2/c1-11-4-5-12(2)14(8-11)15-9-13(10-16-3)6-7-17-15/h4-9,16H,10H2,1-3H3. The van der Waals surface area contributed by atoms with E-state index in [-0.39, 0.29) is 0 Å². The zero-order valence-corrected chi connectivity index (χ0v) is 10.6. The van der Waals surface area contributed by atoms with Crippen LogP contribution in [0, 0.1) is 13.8 Å². The molecule has 88 valence electrons. The maximum absolute atomic E-state index is 4.47. The molecule has 17 heavy (non-hydrogen) atoms. The van der Waals surface area contributed by atoms with Crippen LogP contribution in [0.15, 0.2) is 36.5 Å². The second-order valence-electron chi connectivity index (χ2n) is 4.40. The van der Waals surface area contributed by atoms with Gasteiger partial charge in [0.15, 0.2) is 0 Å². The minimum atomic E-state index is 0.875. The molecule has 1 aromatic carbocycles. The van der Waals surface area contributed by atoms with Crippen LogP contribution in [0.25, 0.3) is 11.3 Å². The van der Waals surface area contributed by atoms with E-state index in [4.69, 9.17) is 0 Å². The number of aromatic nitrogens is 1. The van der Waals surface area contributed by atoms with Crippen molar-refractivity contribution in [3.63, 3.8) is 0 Å². The van der Waals surface area contributed by atoms with Gasteiger partial charge in [-0.05, 0) is 50.2 Å². The Bertz CT molecular complexity index is 518. The Hall–Kier alpha value is -1.67. The zero-order chi connectivity index (χ0) is 12.3. The van der Waals surface area contributed by atoms with E-state index < -0.39 is 0 Å². The van der Waals surface area contributed by atoms with Gasteiger partial charge in [-0.15, -0.1) is 0 Å². The first-order valence-electron chi connectivity index (χ1n) is 5.88. The van der Waals surface area contributed by atoms with Gasteiger partial charge in [0.1, 0.15) is 0 Å². The Balaban J connectivity index is 2.45. The van der Waals surface area contributed by atoms with Crippen molar-refractivity contribution in [2.75, 3.05) is 7.05 Å². The quantitative estimate of drug-likeness (QED) is 0.870. The number of nitrogens with one attached hydrogen (secondary N) is 1. The molecule has 0 aliphatic rings. The largest absolute Gasteiger partial charge is 0.316 e. The fourth-order valence-corrected chi connectivity index (χ4v) is 1.95. The van der Waals surface area contributed by atoms with E-state index in [1.54, 1.807) is 0 Å². The second-order valence-corrected chi connectivity index (χ2v) is 4.40. The van der Waals surface area contributed by atoms with Gasteiger partial charge in [-0.2, -0.15) is 0 Å². The lowest BCUT2D eigenvalue weighted by Gasteiger charge is -2.08. The number of nitrogens with zero attached hydrogens (tertiary/aromatic N) is 1. The second kappa shape index (κ2) is 5.11. The van der Waals surface area contributed by atoms with E-state index in [9.17, 15) is 0 Å². The van der Waals surface area contributed by atoms with Crippen molar-refractivity contribution in [1.29, 1.82) is 0 Å². The molecule has 1 heterocycles. The van der Waals surface area contributed by atoms with Crippen molar-refractivity contribution in [2.24, 2.45) is 0 Å². The molecule has 2 rings (SSSR count). The van der Waals surface area contributed by atoms with Gasteiger partial charge in [0.25, 0.3) is 0 Å². The normalized spacial score (nSPS) is 10.5. The summed E-state index contributed by atoms with van der Waals surface area (Å²) in [5, 5.41) is 3.16. The molecule has 0 aliphatic carbocycles. The predicted molar refractivity (Wildman–Crippen MR) is 71.9 cm³/mol. The third-order valence-corrected chi connectivity index (χ3v) is 2.87. The summed E-state index contributed by atoms with van der Waals surface area (Å²) in [6.45, 7) is 5.11. The molecule has 0 radical (unpaired) electrons. The number of aryl methyl sites for hydroxylation is 2. The fourth-order valence-electron chi connectivity index (χ4n) is 1.95. The number of hydrogen-bond acceptors (Lipinski definition) is 2. The van der Waals surface area contributed by atoms with Crippen LogP contribution in [0.3, 0.4) is 0 Å². The highest BCUT2D eigenvalue weighted by Gasteiger charge is 2.04. The molecule has 0 saturated carbocycles. The summed E-state index contributed by atoms with van der Waals surface area (Å²) in [7, 11) is 1.96. The van der Waals surface area contributed by atoms with E-state index >= 15 is 0 Å². The van der Waals surface area contributed by atoms with Crippen LogP contribution in [-0.2, 0) is 6.54 Å². The molecule has 1 aromatic heterocycles. The van der Waals surface area contributed by atoms with Crippen molar-refractivity contribution in [2.45, 2.75) is 20.4 Å².